The number of hydrogen-bond donors (Lipinski definition) is 2. The summed E-state index contributed by atoms with van der Waals surface area (Å²) >= 11 is -2.13. The molecule has 1 aromatic heterocycles. The molecular formula is C15H17N4O3S-. The van der Waals surface area contributed by atoms with E-state index in [2.05, 4.69) is 10.3 Å². The number of nitrogens with zero attached hydrogens (tertiary/aromatic N) is 2. The second kappa shape index (κ2) is 7.70. The zero-order chi connectivity index (χ0) is 16.8. The molecule has 1 atom stereocenters. The lowest BCUT2D eigenvalue weighted by molar-refractivity contribution is 0.1000. The summed E-state index contributed by atoms with van der Waals surface area (Å²) in [5.41, 5.74) is 7.30. The first-order chi connectivity index (χ1) is 11.0. The fourth-order valence-electron chi connectivity index (χ4n) is 1.97. The van der Waals surface area contributed by atoms with Crippen LogP contribution in [0.5, 0.6) is 0 Å². The molecule has 0 radical (unpaired) electrons. The van der Waals surface area contributed by atoms with Crippen LogP contribution in [0.15, 0.2) is 42.6 Å². The molecule has 0 saturated carbocycles. The number of primary amides is 1. The summed E-state index contributed by atoms with van der Waals surface area (Å²) in [6.07, 6.45) is 1.42. The van der Waals surface area contributed by atoms with Gasteiger partial charge in [0.05, 0.1) is 11.4 Å². The number of nitrogens with one attached hydrogen (secondary N) is 1. The predicted octanol–water partition coefficient (Wildman–Crippen LogP) is 1.07. The molecule has 0 saturated heterocycles. The van der Waals surface area contributed by atoms with Gasteiger partial charge in [-0.2, -0.15) is 0 Å². The molecule has 0 aliphatic heterocycles. The fourth-order valence-corrected chi connectivity index (χ4v) is 2.44. The number of amides is 1. The van der Waals surface area contributed by atoms with Crippen LogP contribution in [0, 0.1) is 0 Å². The van der Waals surface area contributed by atoms with Crippen molar-refractivity contribution < 1.29 is 13.6 Å². The summed E-state index contributed by atoms with van der Waals surface area (Å²) in [6, 6.07) is 10.8. The zero-order valence-corrected chi connectivity index (χ0v) is 13.4. The summed E-state index contributed by atoms with van der Waals surface area (Å²) in [4.78, 5) is 16.7. The SMILES string of the molecule is CN(CS(=O)[O-])c1cccc(CNc2ccc(C(N)=O)cn2)c1. The Bertz CT molecular complexity index is 706. The van der Waals surface area contributed by atoms with Gasteiger partial charge in [0.25, 0.3) is 0 Å². The number of carbonyl (C=O) groups is 1. The highest BCUT2D eigenvalue weighted by Gasteiger charge is 2.03. The quantitative estimate of drug-likeness (QED) is 0.733. The number of hydrogen-bond acceptors (Lipinski definition) is 6. The Balaban J connectivity index is 2.00. The van der Waals surface area contributed by atoms with Gasteiger partial charge in [-0.15, -0.1) is 0 Å². The minimum atomic E-state index is -2.13. The molecule has 2 aromatic rings. The van der Waals surface area contributed by atoms with Crippen molar-refractivity contribution in [2.45, 2.75) is 6.54 Å². The summed E-state index contributed by atoms with van der Waals surface area (Å²) in [7, 11) is 1.71. The van der Waals surface area contributed by atoms with Gasteiger partial charge >= 0.3 is 0 Å². The van der Waals surface area contributed by atoms with E-state index in [1.807, 2.05) is 24.3 Å². The van der Waals surface area contributed by atoms with E-state index in [0.29, 0.717) is 17.9 Å². The monoisotopic (exact) mass is 333 g/mol. The van der Waals surface area contributed by atoms with Crippen molar-refractivity contribution in [3.8, 4) is 0 Å². The van der Waals surface area contributed by atoms with Gasteiger partial charge in [-0.05, 0) is 40.9 Å². The van der Waals surface area contributed by atoms with Gasteiger partial charge in [0.2, 0.25) is 5.91 Å². The first-order valence-electron chi connectivity index (χ1n) is 6.81. The lowest BCUT2D eigenvalue weighted by atomic mass is 10.2. The standard InChI is InChI=1S/C15H18N4O3S/c1-19(10-23(21)22)13-4-2-3-11(7-13)8-17-14-6-5-12(9-18-14)15(16)20/h2-7,9H,8,10H2,1H3,(H2,16,20)(H,17,18)(H,21,22)/p-1. The van der Waals surface area contributed by atoms with Crippen molar-refractivity contribution >= 4 is 28.5 Å². The first kappa shape index (κ1) is 16.9. The molecule has 0 aliphatic rings. The molecule has 3 N–H and O–H groups in total. The maximum absolute atomic E-state index is 11.0. The minimum absolute atomic E-state index is 0.0625. The fraction of sp³-hybridized carbons (Fsp3) is 0.200. The van der Waals surface area contributed by atoms with Crippen molar-refractivity contribution in [2.24, 2.45) is 5.73 Å². The van der Waals surface area contributed by atoms with E-state index in [9.17, 15) is 13.6 Å². The van der Waals surface area contributed by atoms with E-state index < -0.39 is 17.0 Å². The second-order valence-corrected chi connectivity index (χ2v) is 5.82. The molecule has 8 heteroatoms. The van der Waals surface area contributed by atoms with E-state index in [-0.39, 0.29) is 5.88 Å². The second-order valence-electron chi connectivity index (χ2n) is 4.95. The molecule has 0 bridgehead atoms. The summed E-state index contributed by atoms with van der Waals surface area (Å²) in [5.74, 6) is 0.0393. The average Bonchev–Trinajstić information content (AvgIpc) is 2.53. The molecule has 1 unspecified atom stereocenters. The van der Waals surface area contributed by atoms with Crippen LogP contribution in [0.4, 0.5) is 11.5 Å². The molecule has 1 amide bonds. The number of aromatic nitrogens is 1. The third kappa shape index (κ3) is 5.04. The molecule has 1 heterocycles. The molecular weight excluding hydrogens is 316 g/mol. The molecule has 7 nitrogen and oxygen atoms in total. The van der Waals surface area contributed by atoms with Gasteiger partial charge < -0.3 is 20.5 Å². The predicted molar refractivity (Wildman–Crippen MR) is 88.7 cm³/mol. The van der Waals surface area contributed by atoms with Gasteiger partial charge in [-0.1, -0.05) is 12.1 Å². The van der Waals surface area contributed by atoms with Crippen LogP contribution in [0.3, 0.4) is 0 Å². The Morgan fingerprint density at radius 3 is 2.78 bits per heavy atom. The highest BCUT2D eigenvalue weighted by atomic mass is 32.2. The minimum Gasteiger partial charge on any atom is -0.771 e. The first-order valence-corrected chi connectivity index (χ1v) is 8.06. The Hall–Kier alpha value is -2.45. The smallest absolute Gasteiger partial charge is 0.250 e. The Morgan fingerprint density at radius 2 is 2.17 bits per heavy atom. The molecule has 1 aromatic carbocycles. The van der Waals surface area contributed by atoms with E-state index in [1.54, 1.807) is 24.1 Å². The van der Waals surface area contributed by atoms with E-state index in [0.717, 1.165) is 11.3 Å². The third-order valence-corrected chi connectivity index (χ3v) is 3.77. The van der Waals surface area contributed by atoms with Crippen LogP contribution < -0.4 is 16.0 Å². The number of benzene rings is 1. The highest BCUT2D eigenvalue weighted by molar-refractivity contribution is 7.79. The van der Waals surface area contributed by atoms with Gasteiger partial charge in [0, 0.05) is 25.5 Å². The van der Waals surface area contributed by atoms with Crippen LogP contribution in [0.25, 0.3) is 0 Å². The number of nitrogens with two attached hydrogens (primary N) is 1. The van der Waals surface area contributed by atoms with Crippen LogP contribution in [0.1, 0.15) is 15.9 Å². The van der Waals surface area contributed by atoms with Crippen molar-refractivity contribution in [1.82, 2.24) is 4.98 Å². The van der Waals surface area contributed by atoms with Crippen molar-refractivity contribution in [2.75, 3.05) is 23.1 Å². The van der Waals surface area contributed by atoms with Crippen LogP contribution >= 0.6 is 0 Å². The van der Waals surface area contributed by atoms with Crippen LogP contribution in [0.2, 0.25) is 0 Å². The summed E-state index contributed by atoms with van der Waals surface area (Å²) in [6.45, 7) is 0.519. The summed E-state index contributed by atoms with van der Waals surface area (Å²) in [5, 5.41) is 3.13. The van der Waals surface area contributed by atoms with E-state index in [1.165, 1.54) is 6.20 Å². The normalized spacial score (nSPS) is 11.7. The Labute approximate surface area is 136 Å². The van der Waals surface area contributed by atoms with Gasteiger partial charge in [-0.3, -0.25) is 9.00 Å². The maximum Gasteiger partial charge on any atom is 0.250 e. The Kier molecular flexibility index (Phi) is 5.67. The summed E-state index contributed by atoms with van der Waals surface area (Å²) < 4.78 is 21.5. The van der Waals surface area contributed by atoms with Gasteiger partial charge in [0.15, 0.2) is 0 Å². The van der Waals surface area contributed by atoms with Crippen molar-refractivity contribution in [1.29, 1.82) is 0 Å². The maximum atomic E-state index is 11.0. The molecule has 2 rings (SSSR count). The molecule has 0 aliphatic carbocycles. The van der Waals surface area contributed by atoms with Gasteiger partial charge in [0.1, 0.15) is 5.82 Å². The molecule has 0 fully saturated rings. The molecule has 0 spiro atoms. The largest absolute Gasteiger partial charge is 0.771 e. The third-order valence-electron chi connectivity index (χ3n) is 3.17. The van der Waals surface area contributed by atoms with Crippen molar-refractivity contribution in [3.05, 3.63) is 53.7 Å². The molecule has 122 valence electrons. The molecule has 23 heavy (non-hydrogen) atoms. The number of anilines is 2. The number of rotatable bonds is 7. The van der Waals surface area contributed by atoms with Crippen LogP contribution in [-0.4, -0.2) is 32.6 Å². The topological polar surface area (TPSA) is 111 Å². The average molecular weight is 333 g/mol. The number of carbonyl (C=O) groups excluding carboxylic acids is 1. The lowest BCUT2D eigenvalue weighted by Crippen LogP contribution is -2.22. The van der Waals surface area contributed by atoms with E-state index in [4.69, 9.17) is 5.73 Å². The lowest BCUT2D eigenvalue weighted by Gasteiger charge is -2.21. The van der Waals surface area contributed by atoms with E-state index >= 15 is 0 Å². The van der Waals surface area contributed by atoms with Crippen LogP contribution in [-0.2, 0) is 17.6 Å². The van der Waals surface area contributed by atoms with Crippen molar-refractivity contribution in [3.63, 3.8) is 0 Å². The van der Waals surface area contributed by atoms with Gasteiger partial charge in [-0.25, -0.2) is 4.98 Å². The highest BCUT2D eigenvalue weighted by Crippen LogP contribution is 2.16. The Morgan fingerprint density at radius 1 is 1.39 bits per heavy atom. The zero-order valence-electron chi connectivity index (χ0n) is 12.6. The number of pyridine rings is 1.